The van der Waals surface area contributed by atoms with Gasteiger partial charge in [0.1, 0.15) is 0 Å². The predicted octanol–water partition coefficient (Wildman–Crippen LogP) is 11.8. The van der Waals surface area contributed by atoms with Gasteiger partial charge in [-0.05, 0) is 52.6 Å². The Morgan fingerprint density at radius 3 is 1.46 bits per heavy atom. The molecule has 0 aliphatic carbocycles. The van der Waals surface area contributed by atoms with Crippen LogP contribution in [0.4, 0.5) is 0 Å². The van der Waals surface area contributed by atoms with Crippen molar-refractivity contribution in [3.63, 3.8) is 0 Å². The first-order chi connectivity index (χ1) is 24.8. The van der Waals surface area contributed by atoms with Crippen LogP contribution in [0.2, 0.25) is 0 Å². The monoisotopic (exact) mass is 636 g/mol. The maximum Gasteiger partial charge on any atom is 0.235 e. The van der Waals surface area contributed by atoms with E-state index in [1.54, 1.807) is 0 Å². The molecule has 4 nitrogen and oxygen atoms in total. The summed E-state index contributed by atoms with van der Waals surface area (Å²) in [7, 11) is 0. The van der Waals surface area contributed by atoms with E-state index < -0.39 is 0 Å². The van der Waals surface area contributed by atoms with Crippen molar-refractivity contribution in [2.75, 3.05) is 0 Å². The van der Waals surface area contributed by atoms with Gasteiger partial charge in [0.05, 0.1) is 33.3 Å². The van der Waals surface area contributed by atoms with E-state index in [0.29, 0.717) is 5.95 Å². The van der Waals surface area contributed by atoms with Gasteiger partial charge in [0.15, 0.2) is 0 Å². The largest absolute Gasteiger partial charge is 0.309 e. The van der Waals surface area contributed by atoms with Crippen LogP contribution in [0.3, 0.4) is 0 Å². The summed E-state index contributed by atoms with van der Waals surface area (Å²) in [5, 5.41) is 10.6. The van der Waals surface area contributed by atoms with Crippen molar-refractivity contribution in [2.45, 2.75) is 0 Å². The number of aromatic nitrogens is 4. The summed E-state index contributed by atoms with van der Waals surface area (Å²) in [6.45, 7) is 0. The molecular weight excluding hydrogens is 609 g/mol. The van der Waals surface area contributed by atoms with E-state index in [1.165, 1.54) is 43.4 Å². The number of benzene rings is 8. The maximum absolute atomic E-state index is 5.52. The Morgan fingerprint density at radius 2 is 0.800 bits per heavy atom. The van der Waals surface area contributed by atoms with Gasteiger partial charge in [0.25, 0.3) is 0 Å². The van der Waals surface area contributed by atoms with Gasteiger partial charge < -0.3 is 4.57 Å². The summed E-state index contributed by atoms with van der Waals surface area (Å²) >= 11 is 0. The second-order valence-corrected chi connectivity index (χ2v) is 12.9. The third-order valence-corrected chi connectivity index (χ3v) is 10.3. The molecule has 4 heteroatoms. The summed E-state index contributed by atoms with van der Waals surface area (Å²) in [6.07, 6.45) is 0. The first kappa shape index (κ1) is 27.2. The van der Waals surface area contributed by atoms with Gasteiger partial charge in [0.2, 0.25) is 5.95 Å². The van der Waals surface area contributed by atoms with Gasteiger partial charge in [-0.1, -0.05) is 133 Å². The first-order valence-corrected chi connectivity index (χ1v) is 17.0. The molecule has 8 aromatic carbocycles. The molecule has 0 aliphatic heterocycles. The lowest BCUT2D eigenvalue weighted by molar-refractivity contribution is 1.02. The van der Waals surface area contributed by atoms with Crippen LogP contribution >= 0.6 is 0 Å². The standard InChI is InChI=1S/C46H28N4/c1-3-15-29(16-4-1)44-43-33-21-9-7-19-31(33)32-20-8-10-22-34(32)45(43)48-46(47-44)50-38-26-14-12-24-36(38)42-40(50)28-27-39-41(42)35-23-11-13-25-37(35)49(39)30-17-5-2-6-18-30/h1-28H. The lowest BCUT2D eigenvalue weighted by Gasteiger charge is -2.16. The Labute approximate surface area is 287 Å². The molecule has 0 aliphatic rings. The van der Waals surface area contributed by atoms with E-state index in [-0.39, 0.29) is 0 Å². The molecule has 0 saturated heterocycles. The average Bonchev–Trinajstić information content (AvgIpc) is 3.71. The number of fused-ring (bicyclic) bond motifs is 13. The summed E-state index contributed by atoms with van der Waals surface area (Å²) in [6, 6.07) is 60.4. The molecule has 11 rings (SSSR count). The minimum atomic E-state index is 0.661. The van der Waals surface area contributed by atoms with Gasteiger partial charge in [-0.15, -0.1) is 0 Å². The van der Waals surface area contributed by atoms with E-state index in [1.807, 2.05) is 0 Å². The third-order valence-electron chi connectivity index (χ3n) is 10.3. The van der Waals surface area contributed by atoms with Crippen LogP contribution in [0.5, 0.6) is 0 Å². The number of nitrogens with zero attached hydrogens (tertiary/aromatic N) is 4. The molecule has 0 atom stereocenters. The van der Waals surface area contributed by atoms with Gasteiger partial charge in [-0.3, -0.25) is 4.57 Å². The van der Waals surface area contributed by atoms with E-state index in [4.69, 9.17) is 9.97 Å². The highest BCUT2D eigenvalue weighted by atomic mass is 15.2. The van der Waals surface area contributed by atoms with Crippen molar-refractivity contribution in [1.82, 2.24) is 19.1 Å². The quantitative estimate of drug-likeness (QED) is 0.181. The molecule has 0 fully saturated rings. The molecule has 3 heterocycles. The number of rotatable bonds is 3. The normalized spacial score (nSPS) is 12.0. The van der Waals surface area contributed by atoms with Crippen LogP contribution in [-0.2, 0) is 0 Å². The minimum absolute atomic E-state index is 0.661. The Bertz CT molecular complexity index is 3140. The van der Waals surface area contributed by atoms with E-state index in [2.05, 4.69) is 179 Å². The highest BCUT2D eigenvalue weighted by molar-refractivity contribution is 6.29. The fourth-order valence-corrected chi connectivity index (χ4v) is 8.25. The maximum atomic E-state index is 5.52. The zero-order valence-corrected chi connectivity index (χ0v) is 27.0. The molecule has 3 aromatic heterocycles. The number of para-hydroxylation sites is 3. The van der Waals surface area contributed by atoms with Gasteiger partial charge >= 0.3 is 0 Å². The fourth-order valence-electron chi connectivity index (χ4n) is 8.25. The van der Waals surface area contributed by atoms with Crippen molar-refractivity contribution in [1.29, 1.82) is 0 Å². The zero-order valence-electron chi connectivity index (χ0n) is 27.0. The zero-order chi connectivity index (χ0) is 32.8. The highest BCUT2D eigenvalue weighted by Crippen LogP contribution is 2.43. The smallest absolute Gasteiger partial charge is 0.235 e. The van der Waals surface area contributed by atoms with Crippen molar-refractivity contribution in [2.24, 2.45) is 0 Å². The van der Waals surface area contributed by atoms with Crippen LogP contribution in [0.25, 0.3) is 99.0 Å². The molecule has 0 amide bonds. The van der Waals surface area contributed by atoms with E-state index >= 15 is 0 Å². The number of hydrogen-bond donors (Lipinski definition) is 0. The first-order valence-electron chi connectivity index (χ1n) is 17.0. The molecule has 50 heavy (non-hydrogen) atoms. The van der Waals surface area contributed by atoms with Crippen LogP contribution in [0.1, 0.15) is 0 Å². The Hall–Kier alpha value is -6.78. The topological polar surface area (TPSA) is 35.6 Å². The van der Waals surface area contributed by atoms with Crippen LogP contribution in [0.15, 0.2) is 170 Å². The van der Waals surface area contributed by atoms with E-state index in [0.717, 1.165) is 49.7 Å². The third kappa shape index (κ3) is 3.70. The molecule has 11 aromatic rings. The van der Waals surface area contributed by atoms with Crippen molar-refractivity contribution in [3.8, 4) is 22.9 Å². The summed E-state index contributed by atoms with van der Waals surface area (Å²) < 4.78 is 4.65. The Kier molecular flexibility index (Phi) is 5.63. The fraction of sp³-hybridized carbons (Fsp3) is 0. The van der Waals surface area contributed by atoms with Crippen LogP contribution in [-0.4, -0.2) is 19.1 Å². The van der Waals surface area contributed by atoms with E-state index in [9.17, 15) is 0 Å². The predicted molar refractivity (Wildman–Crippen MR) is 209 cm³/mol. The summed E-state index contributed by atoms with van der Waals surface area (Å²) in [5.41, 5.74) is 8.62. The molecule has 0 N–H and O–H groups in total. The Balaban J connectivity index is 1.33. The lowest BCUT2D eigenvalue weighted by atomic mass is 9.94. The summed E-state index contributed by atoms with van der Waals surface area (Å²) in [5.74, 6) is 0.661. The SMILES string of the molecule is c1ccc(-c2nc(-n3c4ccccc4c4c5c6ccccc6n(-c6ccccc6)c5ccc43)nc3c4ccccc4c4ccccc4c23)cc1. The molecule has 0 bridgehead atoms. The van der Waals surface area contributed by atoms with Crippen molar-refractivity contribution in [3.05, 3.63) is 170 Å². The molecular formula is C46H28N4. The minimum Gasteiger partial charge on any atom is -0.309 e. The summed E-state index contributed by atoms with van der Waals surface area (Å²) in [4.78, 5) is 11.0. The second-order valence-electron chi connectivity index (χ2n) is 12.9. The molecule has 0 unspecified atom stereocenters. The molecule has 0 radical (unpaired) electrons. The average molecular weight is 637 g/mol. The second kappa shape index (κ2) is 10.4. The van der Waals surface area contributed by atoms with Gasteiger partial charge in [0, 0.05) is 43.6 Å². The molecule has 0 spiro atoms. The van der Waals surface area contributed by atoms with Gasteiger partial charge in [-0.25, -0.2) is 9.97 Å². The van der Waals surface area contributed by atoms with Crippen molar-refractivity contribution >= 4 is 76.1 Å². The lowest BCUT2D eigenvalue weighted by Crippen LogP contribution is -2.04. The van der Waals surface area contributed by atoms with Crippen LogP contribution in [0, 0.1) is 0 Å². The highest BCUT2D eigenvalue weighted by Gasteiger charge is 2.23. The molecule has 0 saturated carbocycles. The van der Waals surface area contributed by atoms with Crippen molar-refractivity contribution < 1.29 is 0 Å². The van der Waals surface area contributed by atoms with Crippen LogP contribution < -0.4 is 0 Å². The Morgan fingerprint density at radius 1 is 0.320 bits per heavy atom. The number of hydrogen-bond acceptors (Lipinski definition) is 2. The molecule has 232 valence electrons. The van der Waals surface area contributed by atoms with Gasteiger partial charge in [-0.2, -0.15) is 0 Å².